The summed E-state index contributed by atoms with van der Waals surface area (Å²) in [4.78, 5) is 22.4. The minimum Gasteiger partial charge on any atom is -0.479 e. The Balaban J connectivity index is 3.24. The number of aliphatic carboxylic acids is 1. The van der Waals surface area contributed by atoms with Gasteiger partial charge in [0.05, 0.1) is 5.33 Å². The molecule has 4 nitrogen and oxygen atoms in total. The summed E-state index contributed by atoms with van der Waals surface area (Å²) in [5, 5.41) is 18.7. The monoisotopic (exact) mass is 314 g/mol. The minimum atomic E-state index is -1.59. The van der Waals surface area contributed by atoms with Crippen LogP contribution >= 0.6 is 15.9 Å². The topological polar surface area (TPSA) is 74.6 Å². The van der Waals surface area contributed by atoms with E-state index in [0.29, 0.717) is 17.5 Å². The number of Topliss-reactive ketones (excluding diaryl/α,β-unsaturated/α-hetero) is 1. The number of carboxylic acid groups (broad SMARTS) is 1. The van der Waals surface area contributed by atoms with E-state index in [2.05, 4.69) is 15.9 Å². The van der Waals surface area contributed by atoms with Crippen molar-refractivity contribution in [3.63, 3.8) is 0 Å². The summed E-state index contributed by atoms with van der Waals surface area (Å²) >= 11 is 3.08. The van der Waals surface area contributed by atoms with Crippen molar-refractivity contribution in [1.82, 2.24) is 0 Å². The smallest absolute Gasteiger partial charge is 0.337 e. The van der Waals surface area contributed by atoms with Crippen LogP contribution in [-0.4, -0.2) is 27.3 Å². The lowest BCUT2D eigenvalue weighted by atomic mass is 9.92. The molecule has 0 heterocycles. The number of carboxylic acids is 1. The van der Waals surface area contributed by atoms with Gasteiger partial charge in [0.25, 0.3) is 0 Å². The fourth-order valence-electron chi connectivity index (χ4n) is 1.83. The van der Waals surface area contributed by atoms with Gasteiger partial charge in [-0.05, 0) is 23.1 Å². The number of aliphatic hydroxyl groups is 1. The minimum absolute atomic E-state index is 0.0465. The van der Waals surface area contributed by atoms with Crippen molar-refractivity contribution in [2.45, 2.75) is 25.9 Å². The molecule has 98 valence electrons. The number of carbonyl (C=O) groups is 2. The first-order valence-corrected chi connectivity index (χ1v) is 6.72. The summed E-state index contributed by atoms with van der Waals surface area (Å²) in [6.45, 7) is 1.92. The normalized spacial score (nSPS) is 12.2. The molecule has 0 saturated heterocycles. The number of alkyl halides is 1. The Kier molecular flexibility index (Phi) is 5.50. The van der Waals surface area contributed by atoms with Crippen molar-refractivity contribution < 1.29 is 19.8 Å². The second kappa shape index (κ2) is 6.66. The average Bonchev–Trinajstić information content (AvgIpc) is 2.37. The Hall–Kier alpha value is -1.20. The highest BCUT2D eigenvalue weighted by atomic mass is 79.9. The molecule has 0 aliphatic rings. The first kappa shape index (κ1) is 14.9. The van der Waals surface area contributed by atoms with Crippen LogP contribution in [-0.2, 0) is 22.4 Å². The molecule has 1 unspecified atom stereocenters. The van der Waals surface area contributed by atoms with Gasteiger partial charge in [0, 0.05) is 6.42 Å². The molecule has 0 aliphatic heterocycles. The SMILES string of the molecule is CCc1cccc(C(O)C(=O)O)c1CC(=O)CBr. The van der Waals surface area contributed by atoms with Gasteiger partial charge < -0.3 is 10.2 Å². The van der Waals surface area contributed by atoms with E-state index in [0.717, 1.165) is 5.56 Å². The van der Waals surface area contributed by atoms with Crippen molar-refractivity contribution in [1.29, 1.82) is 0 Å². The lowest BCUT2D eigenvalue weighted by Crippen LogP contribution is -2.16. The van der Waals surface area contributed by atoms with Crippen LogP contribution in [0.25, 0.3) is 0 Å². The molecule has 0 aromatic heterocycles. The molecular weight excluding hydrogens is 300 g/mol. The third-order valence-electron chi connectivity index (χ3n) is 2.74. The fraction of sp³-hybridized carbons (Fsp3) is 0.385. The number of rotatable bonds is 6. The average molecular weight is 315 g/mol. The van der Waals surface area contributed by atoms with Crippen molar-refractivity contribution in [2.24, 2.45) is 0 Å². The molecule has 18 heavy (non-hydrogen) atoms. The van der Waals surface area contributed by atoms with E-state index in [1.165, 1.54) is 0 Å². The first-order valence-electron chi connectivity index (χ1n) is 5.60. The molecular formula is C13H15BrO4. The maximum absolute atomic E-state index is 11.5. The Morgan fingerprint density at radius 1 is 1.39 bits per heavy atom. The summed E-state index contributed by atoms with van der Waals surface area (Å²) in [6, 6.07) is 5.09. The zero-order valence-corrected chi connectivity index (χ0v) is 11.6. The van der Waals surface area contributed by atoms with Gasteiger partial charge in [0.15, 0.2) is 6.10 Å². The van der Waals surface area contributed by atoms with E-state index < -0.39 is 12.1 Å². The Morgan fingerprint density at radius 2 is 2.06 bits per heavy atom. The molecule has 1 aromatic carbocycles. The maximum Gasteiger partial charge on any atom is 0.337 e. The lowest BCUT2D eigenvalue weighted by molar-refractivity contribution is -0.147. The van der Waals surface area contributed by atoms with Crippen molar-refractivity contribution in [3.05, 3.63) is 34.9 Å². The van der Waals surface area contributed by atoms with Gasteiger partial charge in [0.2, 0.25) is 0 Å². The molecule has 0 radical (unpaired) electrons. The molecule has 0 amide bonds. The Labute approximate surface area is 114 Å². The highest BCUT2D eigenvalue weighted by Gasteiger charge is 2.21. The zero-order valence-electron chi connectivity index (χ0n) is 10.0. The predicted octanol–water partition coefficient (Wildman–Crippen LogP) is 1.87. The summed E-state index contributed by atoms with van der Waals surface area (Å²) in [5.74, 6) is -1.36. The number of ketones is 1. The van der Waals surface area contributed by atoms with Crippen LogP contribution in [0.2, 0.25) is 0 Å². The number of carbonyl (C=O) groups excluding carboxylic acids is 1. The number of hydrogen-bond donors (Lipinski definition) is 2. The quantitative estimate of drug-likeness (QED) is 0.786. The molecule has 0 bridgehead atoms. The summed E-state index contributed by atoms with van der Waals surface area (Å²) in [6.07, 6.45) is -0.769. The van der Waals surface area contributed by atoms with Crippen LogP contribution in [0.3, 0.4) is 0 Å². The first-order chi connectivity index (χ1) is 8.51. The van der Waals surface area contributed by atoms with E-state index in [1.807, 2.05) is 13.0 Å². The van der Waals surface area contributed by atoms with Gasteiger partial charge in [-0.2, -0.15) is 0 Å². The van der Waals surface area contributed by atoms with E-state index in [4.69, 9.17) is 5.11 Å². The van der Waals surface area contributed by atoms with E-state index in [9.17, 15) is 14.7 Å². The predicted molar refractivity (Wildman–Crippen MR) is 70.9 cm³/mol. The van der Waals surface area contributed by atoms with Gasteiger partial charge in [0.1, 0.15) is 5.78 Å². The fourth-order valence-corrected chi connectivity index (χ4v) is 2.03. The zero-order chi connectivity index (χ0) is 13.7. The molecule has 0 aliphatic carbocycles. The standard InChI is InChI=1S/C13H15BrO4/c1-2-8-4-3-5-10(12(16)13(17)18)11(8)6-9(15)7-14/h3-5,12,16H,2,6-7H2,1H3,(H,17,18). The Morgan fingerprint density at radius 3 is 2.56 bits per heavy atom. The van der Waals surface area contributed by atoms with Crippen molar-refractivity contribution in [2.75, 3.05) is 5.33 Å². The summed E-state index contributed by atoms with van der Waals surface area (Å²) in [5.41, 5.74) is 1.82. The van der Waals surface area contributed by atoms with Crippen LogP contribution in [0.5, 0.6) is 0 Å². The number of hydrogen-bond acceptors (Lipinski definition) is 3. The molecule has 2 N–H and O–H groups in total. The van der Waals surface area contributed by atoms with Crippen LogP contribution in [0.4, 0.5) is 0 Å². The third-order valence-corrected chi connectivity index (χ3v) is 3.37. The van der Waals surface area contributed by atoms with Crippen LogP contribution in [0, 0.1) is 0 Å². The summed E-state index contributed by atoms with van der Waals surface area (Å²) < 4.78 is 0. The molecule has 1 atom stereocenters. The molecule has 1 rings (SSSR count). The highest BCUT2D eigenvalue weighted by Crippen LogP contribution is 2.23. The molecule has 5 heteroatoms. The maximum atomic E-state index is 11.5. The lowest BCUT2D eigenvalue weighted by Gasteiger charge is -2.15. The third kappa shape index (κ3) is 3.40. The molecule has 0 saturated carbocycles. The van der Waals surface area contributed by atoms with Crippen LogP contribution in [0.1, 0.15) is 29.7 Å². The van der Waals surface area contributed by atoms with Crippen LogP contribution < -0.4 is 0 Å². The number of aryl methyl sites for hydroxylation is 1. The molecule has 0 spiro atoms. The number of benzene rings is 1. The second-order valence-corrected chi connectivity index (χ2v) is 4.49. The molecule has 1 aromatic rings. The van der Waals surface area contributed by atoms with Gasteiger partial charge in [-0.25, -0.2) is 4.79 Å². The Bertz CT molecular complexity index is 456. The van der Waals surface area contributed by atoms with E-state index >= 15 is 0 Å². The largest absolute Gasteiger partial charge is 0.479 e. The van der Waals surface area contributed by atoms with Crippen molar-refractivity contribution >= 4 is 27.7 Å². The number of aliphatic hydroxyl groups excluding tert-OH is 1. The van der Waals surface area contributed by atoms with Crippen molar-refractivity contribution in [3.8, 4) is 0 Å². The second-order valence-electron chi connectivity index (χ2n) is 3.93. The van der Waals surface area contributed by atoms with Gasteiger partial charge >= 0.3 is 5.97 Å². The van der Waals surface area contributed by atoms with E-state index in [1.54, 1.807) is 12.1 Å². The summed E-state index contributed by atoms with van der Waals surface area (Å²) in [7, 11) is 0. The van der Waals surface area contributed by atoms with Gasteiger partial charge in [-0.3, -0.25) is 4.79 Å². The number of halogens is 1. The van der Waals surface area contributed by atoms with Gasteiger partial charge in [-0.15, -0.1) is 0 Å². The van der Waals surface area contributed by atoms with Gasteiger partial charge in [-0.1, -0.05) is 41.1 Å². The van der Waals surface area contributed by atoms with Crippen LogP contribution in [0.15, 0.2) is 18.2 Å². The highest BCUT2D eigenvalue weighted by molar-refractivity contribution is 9.09. The molecule has 0 fully saturated rings. The van der Waals surface area contributed by atoms with E-state index in [-0.39, 0.29) is 17.5 Å².